The zero-order valence-electron chi connectivity index (χ0n) is 12.8. The van der Waals surface area contributed by atoms with Gasteiger partial charge in [-0.05, 0) is 24.3 Å². The van der Waals surface area contributed by atoms with E-state index in [9.17, 15) is 4.79 Å². The number of rotatable bonds is 6. The van der Waals surface area contributed by atoms with Crippen LogP contribution in [-0.2, 0) is 4.79 Å². The topological polar surface area (TPSA) is 24.8 Å². The van der Waals surface area contributed by atoms with Crippen LogP contribution in [0.15, 0.2) is 60.7 Å². The van der Waals surface area contributed by atoms with Gasteiger partial charge in [-0.25, -0.2) is 0 Å². The molecule has 0 spiro atoms. The number of carbonyl (C=O) groups excluding carboxylic acids is 1. The maximum absolute atomic E-state index is 12.6. The molecule has 0 saturated heterocycles. The molecule has 0 aliphatic carbocycles. The fourth-order valence-corrected chi connectivity index (χ4v) is 2.30. The summed E-state index contributed by atoms with van der Waals surface area (Å²) in [5.74, 6) is 0.147. The molecule has 0 radical (unpaired) electrons. The van der Waals surface area contributed by atoms with E-state index >= 15 is 0 Å². The Hall–Kier alpha value is -2.13. The maximum atomic E-state index is 12.6. The van der Waals surface area contributed by atoms with E-state index in [4.69, 9.17) is 0 Å². The van der Waals surface area contributed by atoms with Crippen LogP contribution in [0.3, 0.4) is 0 Å². The van der Waals surface area contributed by atoms with Crippen LogP contribution in [0, 0.1) is 0 Å². The van der Waals surface area contributed by atoms with E-state index in [1.807, 2.05) is 65.6 Å². The fraction of sp³-hybridized carbons (Fsp3) is 0.278. The summed E-state index contributed by atoms with van der Waals surface area (Å²) in [7, 11) is 4.22. The predicted octanol–water partition coefficient (Wildman–Crippen LogP) is 2.28. The Bertz CT molecular complexity index is 512. The van der Waals surface area contributed by atoms with Crippen molar-refractivity contribution in [1.29, 1.82) is 0 Å². The Labute approximate surface area is 126 Å². The highest BCUT2D eigenvalue weighted by atomic mass is 16.2. The quantitative estimate of drug-likeness (QED) is 0.864. The molecule has 110 valence electrons. The summed E-state index contributed by atoms with van der Waals surface area (Å²) >= 11 is 0. The minimum Gasteiger partial charge on any atom is -0.340 e. The van der Waals surface area contributed by atoms with Crippen LogP contribution in [0.5, 0.6) is 0 Å². The highest BCUT2D eigenvalue weighted by Crippen LogP contribution is 2.25. The number of para-hydroxylation sites is 2. The number of benzene rings is 2. The summed E-state index contributed by atoms with van der Waals surface area (Å²) in [4.78, 5) is 15.8. The van der Waals surface area contributed by atoms with Crippen molar-refractivity contribution in [2.24, 2.45) is 0 Å². The summed E-state index contributed by atoms with van der Waals surface area (Å²) in [6.45, 7) is 1.00. The lowest BCUT2D eigenvalue weighted by molar-refractivity contribution is -0.858. The monoisotopic (exact) mass is 283 g/mol. The second kappa shape index (κ2) is 7.60. The van der Waals surface area contributed by atoms with E-state index in [0.717, 1.165) is 24.3 Å². The first-order valence-corrected chi connectivity index (χ1v) is 7.40. The second-order valence-electron chi connectivity index (χ2n) is 5.46. The van der Waals surface area contributed by atoms with Crippen LogP contribution in [0.25, 0.3) is 0 Å². The maximum Gasteiger partial charge on any atom is 0.231 e. The van der Waals surface area contributed by atoms with Gasteiger partial charge in [-0.3, -0.25) is 9.69 Å². The lowest BCUT2D eigenvalue weighted by atomic mass is 10.2. The lowest BCUT2D eigenvalue weighted by Crippen LogP contribution is -3.05. The average molecular weight is 283 g/mol. The molecule has 0 aliphatic rings. The highest BCUT2D eigenvalue weighted by Gasteiger charge is 2.17. The Morgan fingerprint density at radius 1 is 0.905 bits per heavy atom. The smallest absolute Gasteiger partial charge is 0.231 e. The van der Waals surface area contributed by atoms with Gasteiger partial charge in [-0.15, -0.1) is 0 Å². The zero-order valence-corrected chi connectivity index (χ0v) is 12.8. The number of carbonyl (C=O) groups is 1. The lowest BCUT2D eigenvalue weighted by Gasteiger charge is -2.23. The van der Waals surface area contributed by atoms with Crippen LogP contribution < -0.4 is 9.80 Å². The number of hydrogen-bond donors (Lipinski definition) is 1. The van der Waals surface area contributed by atoms with Gasteiger partial charge in [-0.2, -0.15) is 0 Å². The van der Waals surface area contributed by atoms with E-state index in [-0.39, 0.29) is 5.91 Å². The standard InChI is InChI=1S/C18H22N2O/c1-19(2)15-9-14-18(21)20(16-10-5-3-6-11-16)17-12-7-4-8-13-17/h3-8,10-13H,9,14-15H2,1-2H3/p+1. The van der Waals surface area contributed by atoms with Crippen LogP contribution in [0.1, 0.15) is 12.8 Å². The first-order chi connectivity index (χ1) is 10.2. The minimum atomic E-state index is 0.147. The van der Waals surface area contributed by atoms with Gasteiger partial charge in [0.2, 0.25) is 5.91 Å². The molecule has 0 aromatic heterocycles. The number of nitrogens with one attached hydrogen (secondary N) is 1. The van der Waals surface area contributed by atoms with Gasteiger partial charge < -0.3 is 4.90 Å². The van der Waals surface area contributed by atoms with Crippen molar-refractivity contribution in [2.75, 3.05) is 25.5 Å². The molecule has 1 N–H and O–H groups in total. The normalized spacial score (nSPS) is 10.6. The fourth-order valence-electron chi connectivity index (χ4n) is 2.30. The molecule has 0 atom stereocenters. The largest absolute Gasteiger partial charge is 0.340 e. The van der Waals surface area contributed by atoms with Gasteiger partial charge in [0.1, 0.15) is 0 Å². The predicted molar refractivity (Wildman–Crippen MR) is 86.9 cm³/mol. The summed E-state index contributed by atoms with van der Waals surface area (Å²) < 4.78 is 0. The molecule has 0 heterocycles. The zero-order chi connectivity index (χ0) is 15.1. The molecular formula is C18H23N2O+. The molecule has 0 fully saturated rings. The third-order valence-corrected chi connectivity index (χ3v) is 3.35. The minimum absolute atomic E-state index is 0.147. The van der Waals surface area contributed by atoms with Crippen LogP contribution in [0.2, 0.25) is 0 Å². The molecule has 2 rings (SSSR count). The number of hydrogen-bond acceptors (Lipinski definition) is 1. The van der Waals surface area contributed by atoms with Crippen molar-refractivity contribution in [1.82, 2.24) is 0 Å². The number of amides is 1. The van der Waals surface area contributed by atoms with E-state index in [0.29, 0.717) is 6.42 Å². The van der Waals surface area contributed by atoms with Gasteiger partial charge in [-0.1, -0.05) is 36.4 Å². The van der Waals surface area contributed by atoms with Gasteiger partial charge in [0.25, 0.3) is 0 Å². The van der Waals surface area contributed by atoms with Crippen LogP contribution in [0.4, 0.5) is 11.4 Å². The summed E-state index contributed by atoms with van der Waals surface area (Å²) in [6, 6.07) is 19.7. The number of nitrogens with zero attached hydrogens (tertiary/aromatic N) is 1. The van der Waals surface area contributed by atoms with E-state index < -0.39 is 0 Å². The Kier molecular flexibility index (Phi) is 5.52. The highest BCUT2D eigenvalue weighted by molar-refractivity contribution is 6.00. The van der Waals surface area contributed by atoms with Gasteiger partial charge in [0, 0.05) is 24.2 Å². The summed E-state index contributed by atoms with van der Waals surface area (Å²) in [5, 5.41) is 0. The molecule has 0 saturated carbocycles. The Balaban J connectivity index is 2.19. The SMILES string of the molecule is C[NH+](C)CCCC(=O)N(c1ccccc1)c1ccccc1. The molecular weight excluding hydrogens is 260 g/mol. The second-order valence-corrected chi connectivity index (χ2v) is 5.46. The van der Waals surface area contributed by atoms with E-state index in [2.05, 4.69) is 14.1 Å². The number of quaternary nitrogens is 1. The molecule has 1 amide bonds. The summed E-state index contributed by atoms with van der Waals surface area (Å²) in [5.41, 5.74) is 1.84. The number of anilines is 2. The van der Waals surface area contributed by atoms with E-state index in [1.54, 1.807) is 0 Å². The first-order valence-electron chi connectivity index (χ1n) is 7.40. The first kappa shape index (κ1) is 15.3. The average Bonchev–Trinajstić information content (AvgIpc) is 2.49. The van der Waals surface area contributed by atoms with Crippen molar-refractivity contribution in [3.05, 3.63) is 60.7 Å². The van der Waals surface area contributed by atoms with Crippen molar-refractivity contribution in [3.8, 4) is 0 Å². The molecule has 3 nitrogen and oxygen atoms in total. The molecule has 2 aromatic carbocycles. The summed E-state index contributed by atoms with van der Waals surface area (Å²) in [6.07, 6.45) is 1.46. The molecule has 21 heavy (non-hydrogen) atoms. The van der Waals surface area contributed by atoms with Gasteiger partial charge in [0.15, 0.2) is 0 Å². The third-order valence-electron chi connectivity index (χ3n) is 3.35. The van der Waals surface area contributed by atoms with Gasteiger partial charge in [0.05, 0.1) is 20.6 Å². The molecule has 3 heteroatoms. The van der Waals surface area contributed by atoms with Crippen molar-refractivity contribution >= 4 is 17.3 Å². The van der Waals surface area contributed by atoms with Crippen LogP contribution >= 0.6 is 0 Å². The van der Waals surface area contributed by atoms with Gasteiger partial charge >= 0.3 is 0 Å². The molecule has 0 unspecified atom stereocenters. The Morgan fingerprint density at radius 3 is 1.81 bits per heavy atom. The van der Waals surface area contributed by atoms with Crippen LogP contribution in [-0.4, -0.2) is 26.5 Å². The van der Waals surface area contributed by atoms with Crippen molar-refractivity contribution < 1.29 is 9.69 Å². The Morgan fingerprint density at radius 2 is 1.38 bits per heavy atom. The van der Waals surface area contributed by atoms with E-state index in [1.165, 1.54) is 4.90 Å². The van der Waals surface area contributed by atoms with Crippen molar-refractivity contribution in [3.63, 3.8) is 0 Å². The molecule has 0 aliphatic heterocycles. The van der Waals surface area contributed by atoms with Crippen molar-refractivity contribution in [2.45, 2.75) is 12.8 Å². The molecule has 0 bridgehead atoms. The molecule has 2 aromatic rings. The third kappa shape index (κ3) is 4.43.